The van der Waals surface area contributed by atoms with Crippen LogP contribution in [0.4, 0.5) is 9.59 Å². The lowest BCUT2D eigenvalue weighted by Crippen LogP contribution is -2.54. The number of rotatable bonds is 17. The van der Waals surface area contributed by atoms with Crippen molar-refractivity contribution in [2.45, 2.75) is 168 Å². The SMILES string of the molecule is CCCCCCCCCCCCC(=O)N1CCCCC1CNC(=O)C(Cc1cn(C(=O)OC(C)(C)C)cn1)NC(=O)OC(C)(C)C. The van der Waals surface area contributed by atoms with E-state index >= 15 is 0 Å². The van der Waals surface area contributed by atoms with Crippen molar-refractivity contribution >= 4 is 24.0 Å². The number of piperidine rings is 1. The maximum atomic E-state index is 13.5. The molecule has 1 aromatic rings. The number of nitrogens with zero attached hydrogens (tertiary/aromatic N) is 3. The monoisotopic (exact) mass is 647 g/mol. The summed E-state index contributed by atoms with van der Waals surface area (Å²) in [6.07, 6.45) is 17.0. The highest BCUT2D eigenvalue weighted by molar-refractivity contribution is 5.86. The molecule has 11 heteroatoms. The van der Waals surface area contributed by atoms with Crippen LogP contribution in [0.2, 0.25) is 0 Å². The maximum absolute atomic E-state index is 13.5. The lowest BCUT2D eigenvalue weighted by Gasteiger charge is -2.36. The van der Waals surface area contributed by atoms with E-state index < -0.39 is 35.3 Å². The molecule has 1 aromatic heterocycles. The molecule has 1 aliphatic heterocycles. The second-order valence-electron chi connectivity index (χ2n) is 14.6. The molecule has 0 saturated carbocycles. The van der Waals surface area contributed by atoms with Crippen molar-refractivity contribution in [1.29, 1.82) is 0 Å². The van der Waals surface area contributed by atoms with Gasteiger partial charge in [-0.05, 0) is 67.2 Å². The summed E-state index contributed by atoms with van der Waals surface area (Å²) in [5.74, 6) is -0.264. The van der Waals surface area contributed by atoms with Crippen molar-refractivity contribution in [2.24, 2.45) is 0 Å². The average Bonchev–Trinajstić information content (AvgIpc) is 3.43. The Bertz CT molecular complexity index is 1090. The smallest absolute Gasteiger partial charge is 0.419 e. The molecule has 262 valence electrons. The predicted octanol–water partition coefficient (Wildman–Crippen LogP) is 6.91. The summed E-state index contributed by atoms with van der Waals surface area (Å²) >= 11 is 0. The average molecular weight is 648 g/mol. The zero-order chi connectivity index (χ0) is 34.2. The van der Waals surface area contributed by atoms with Crippen LogP contribution in [0, 0.1) is 0 Å². The van der Waals surface area contributed by atoms with Crippen molar-refractivity contribution in [1.82, 2.24) is 25.1 Å². The van der Waals surface area contributed by atoms with Crippen LogP contribution in [-0.2, 0) is 25.5 Å². The number of carbonyl (C=O) groups excluding carboxylic acids is 4. The van der Waals surface area contributed by atoms with E-state index in [1.807, 2.05) is 4.90 Å². The van der Waals surface area contributed by atoms with E-state index in [1.165, 1.54) is 68.5 Å². The Labute approximate surface area is 276 Å². The van der Waals surface area contributed by atoms with Gasteiger partial charge in [-0.3, -0.25) is 9.59 Å². The molecule has 2 heterocycles. The Morgan fingerprint density at radius 1 is 0.891 bits per heavy atom. The van der Waals surface area contributed by atoms with Crippen LogP contribution >= 0.6 is 0 Å². The lowest BCUT2D eigenvalue weighted by atomic mass is 10.0. The molecule has 2 unspecified atom stereocenters. The Morgan fingerprint density at radius 3 is 2.11 bits per heavy atom. The van der Waals surface area contributed by atoms with Gasteiger partial charge in [-0.1, -0.05) is 64.7 Å². The summed E-state index contributed by atoms with van der Waals surface area (Å²) in [5.41, 5.74) is -1.00. The van der Waals surface area contributed by atoms with Crippen molar-refractivity contribution in [3.05, 3.63) is 18.2 Å². The van der Waals surface area contributed by atoms with E-state index in [2.05, 4.69) is 22.5 Å². The molecule has 0 aromatic carbocycles. The number of likely N-dealkylation sites (tertiary alicyclic amines) is 1. The summed E-state index contributed by atoms with van der Waals surface area (Å²) < 4.78 is 12.0. The van der Waals surface area contributed by atoms with Gasteiger partial charge >= 0.3 is 12.2 Å². The Balaban J connectivity index is 1.93. The first-order chi connectivity index (χ1) is 21.7. The molecular formula is C35H61N5O6. The van der Waals surface area contributed by atoms with Crippen molar-refractivity contribution in [3.63, 3.8) is 0 Å². The van der Waals surface area contributed by atoms with Gasteiger partial charge in [0.15, 0.2) is 0 Å². The first kappa shape index (κ1) is 39.1. The number of hydrogen-bond donors (Lipinski definition) is 2. The van der Waals surface area contributed by atoms with Crippen LogP contribution in [0.5, 0.6) is 0 Å². The van der Waals surface area contributed by atoms with E-state index in [0.29, 0.717) is 25.2 Å². The van der Waals surface area contributed by atoms with Crippen LogP contribution < -0.4 is 10.6 Å². The topological polar surface area (TPSA) is 132 Å². The maximum Gasteiger partial charge on any atom is 0.419 e. The van der Waals surface area contributed by atoms with Gasteiger partial charge in [0.1, 0.15) is 23.6 Å². The number of ether oxygens (including phenoxy) is 2. The number of unbranched alkanes of at least 4 members (excludes halogenated alkanes) is 9. The molecular weight excluding hydrogens is 586 g/mol. The number of amides is 3. The van der Waals surface area contributed by atoms with Gasteiger partial charge in [-0.15, -0.1) is 0 Å². The van der Waals surface area contributed by atoms with E-state index in [1.54, 1.807) is 41.5 Å². The van der Waals surface area contributed by atoms with Gasteiger partial charge in [-0.2, -0.15) is 0 Å². The fourth-order valence-electron chi connectivity index (χ4n) is 5.54. The minimum Gasteiger partial charge on any atom is -0.444 e. The van der Waals surface area contributed by atoms with Crippen molar-refractivity contribution < 1.29 is 28.7 Å². The third kappa shape index (κ3) is 15.9. The second kappa shape index (κ2) is 19.5. The molecule has 1 saturated heterocycles. The lowest BCUT2D eigenvalue weighted by molar-refractivity contribution is -0.135. The fraction of sp³-hybridized carbons (Fsp3) is 0.800. The van der Waals surface area contributed by atoms with Gasteiger partial charge in [0, 0.05) is 38.2 Å². The third-order valence-electron chi connectivity index (χ3n) is 7.86. The Kier molecular flexibility index (Phi) is 16.6. The van der Waals surface area contributed by atoms with Crippen molar-refractivity contribution in [2.75, 3.05) is 13.1 Å². The third-order valence-corrected chi connectivity index (χ3v) is 7.86. The van der Waals surface area contributed by atoms with E-state index in [9.17, 15) is 19.2 Å². The summed E-state index contributed by atoms with van der Waals surface area (Å²) in [6, 6.07) is -1.10. The number of imidazole rings is 1. The Hall–Kier alpha value is -3.11. The molecule has 2 atom stereocenters. The van der Waals surface area contributed by atoms with Crippen LogP contribution in [0.25, 0.3) is 0 Å². The summed E-state index contributed by atoms with van der Waals surface area (Å²) in [7, 11) is 0. The predicted molar refractivity (Wildman–Crippen MR) is 180 cm³/mol. The summed E-state index contributed by atoms with van der Waals surface area (Å²) in [4.78, 5) is 57.9. The number of aromatic nitrogens is 2. The van der Waals surface area contributed by atoms with Gasteiger partial charge in [0.2, 0.25) is 11.8 Å². The van der Waals surface area contributed by atoms with Crippen molar-refractivity contribution in [3.8, 4) is 0 Å². The highest BCUT2D eigenvalue weighted by Crippen LogP contribution is 2.20. The molecule has 0 bridgehead atoms. The number of carbonyl (C=O) groups is 4. The molecule has 2 rings (SSSR count). The molecule has 0 radical (unpaired) electrons. The zero-order valence-electron chi connectivity index (χ0n) is 29.6. The molecule has 1 fully saturated rings. The minimum absolute atomic E-state index is 0.0346. The van der Waals surface area contributed by atoms with E-state index in [4.69, 9.17) is 9.47 Å². The van der Waals surface area contributed by atoms with Crippen LogP contribution in [0.3, 0.4) is 0 Å². The standard InChI is InChI=1S/C35H61N5O6/c1-8-9-10-11-12-13-14-15-16-17-21-30(41)40-22-19-18-20-28(40)24-36-31(42)29(38-32(43)45-34(2,3)4)23-27-25-39(26-37-27)33(44)46-35(5,6)7/h25-26,28-29H,8-24H2,1-7H3,(H,36,42)(H,38,43). The van der Waals surface area contributed by atoms with Gasteiger partial charge < -0.3 is 25.0 Å². The molecule has 2 N–H and O–H groups in total. The quantitative estimate of drug-likeness (QED) is 0.176. The van der Waals surface area contributed by atoms with E-state index in [0.717, 1.165) is 32.1 Å². The first-order valence-corrected chi connectivity index (χ1v) is 17.5. The zero-order valence-corrected chi connectivity index (χ0v) is 29.6. The molecule has 0 spiro atoms. The van der Waals surface area contributed by atoms with E-state index in [-0.39, 0.29) is 18.4 Å². The number of alkyl carbamates (subject to hydrolysis) is 1. The van der Waals surface area contributed by atoms with Gasteiger partial charge in [-0.25, -0.2) is 19.1 Å². The Morgan fingerprint density at radius 2 is 1.50 bits per heavy atom. The largest absolute Gasteiger partial charge is 0.444 e. The number of nitrogens with one attached hydrogen (secondary N) is 2. The summed E-state index contributed by atoms with van der Waals surface area (Å²) in [6.45, 7) is 13.8. The molecule has 11 nitrogen and oxygen atoms in total. The minimum atomic E-state index is -1.00. The second-order valence-corrected chi connectivity index (χ2v) is 14.6. The van der Waals surface area contributed by atoms with Gasteiger partial charge in [0.05, 0.1) is 5.69 Å². The first-order valence-electron chi connectivity index (χ1n) is 17.5. The highest BCUT2D eigenvalue weighted by Gasteiger charge is 2.30. The van der Waals surface area contributed by atoms with Crippen LogP contribution in [-0.4, -0.2) is 74.8 Å². The molecule has 3 amide bonds. The highest BCUT2D eigenvalue weighted by atomic mass is 16.6. The van der Waals surface area contributed by atoms with Crippen LogP contribution in [0.15, 0.2) is 12.5 Å². The molecule has 0 aliphatic carbocycles. The van der Waals surface area contributed by atoms with Crippen LogP contribution in [0.1, 0.15) is 144 Å². The van der Waals surface area contributed by atoms with Gasteiger partial charge in [0.25, 0.3) is 0 Å². The summed E-state index contributed by atoms with van der Waals surface area (Å²) in [5, 5.41) is 5.63. The molecule has 1 aliphatic rings. The molecule has 46 heavy (non-hydrogen) atoms. The fourth-order valence-corrected chi connectivity index (χ4v) is 5.54. The number of hydrogen-bond acceptors (Lipinski definition) is 7. The normalized spacial score (nSPS) is 16.1.